The second kappa shape index (κ2) is 8.98. The lowest BCUT2D eigenvalue weighted by Gasteiger charge is -2.31. The van der Waals surface area contributed by atoms with Gasteiger partial charge in [-0.25, -0.2) is 4.99 Å². The quantitative estimate of drug-likeness (QED) is 0.570. The Balaban J connectivity index is 1.62. The lowest BCUT2D eigenvalue weighted by Crippen LogP contribution is -2.52. The fourth-order valence-electron chi connectivity index (χ4n) is 2.97. The van der Waals surface area contributed by atoms with Gasteiger partial charge in [0.15, 0.2) is 11.8 Å². The van der Waals surface area contributed by atoms with E-state index in [2.05, 4.69) is 38.3 Å². The first-order valence-corrected chi connectivity index (χ1v) is 10.1. The Kier molecular flexibility index (Phi) is 6.44. The van der Waals surface area contributed by atoms with Gasteiger partial charge in [-0.2, -0.15) is 0 Å². The van der Waals surface area contributed by atoms with Crippen molar-refractivity contribution in [2.24, 2.45) is 12.0 Å². The highest BCUT2D eigenvalue weighted by Crippen LogP contribution is 2.10. The van der Waals surface area contributed by atoms with E-state index in [1.807, 2.05) is 25.6 Å². The Morgan fingerprint density at radius 2 is 2.26 bits per heavy atom. The fourth-order valence-corrected chi connectivity index (χ4v) is 3.68. The predicted molar refractivity (Wildman–Crippen MR) is 107 cm³/mol. The highest BCUT2D eigenvalue weighted by Gasteiger charge is 2.23. The molecule has 3 heterocycles. The Hall–Kier alpha value is -2.42. The van der Waals surface area contributed by atoms with Crippen molar-refractivity contribution < 1.29 is 4.79 Å². The molecule has 3 rings (SSSR count). The minimum absolute atomic E-state index is 0.196. The van der Waals surface area contributed by atoms with E-state index in [0.717, 1.165) is 37.0 Å². The molecule has 9 heteroatoms. The molecule has 1 fully saturated rings. The number of likely N-dealkylation sites (tertiary alicyclic amines) is 1. The average Bonchev–Trinajstić information content (AvgIpc) is 3.27. The zero-order chi connectivity index (χ0) is 19.2. The second-order valence-corrected chi connectivity index (χ2v) is 7.83. The molecule has 0 radical (unpaired) electrons. The number of guanidine groups is 1. The van der Waals surface area contributed by atoms with Gasteiger partial charge >= 0.3 is 0 Å². The smallest absolute Gasteiger partial charge is 0.222 e. The van der Waals surface area contributed by atoms with Crippen molar-refractivity contribution in [3.8, 4) is 0 Å². The van der Waals surface area contributed by atoms with Crippen LogP contribution in [0.5, 0.6) is 0 Å². The number of hydrogen-bond acceptors (Lipinski definition) is 5. The van der Waals surface area contributed by atoms with Crippen molar-refractivity contribution in [1.29, 1.82) is 0 Å². The normalized spacial score (nSPS) is 18.0. The van der Waals surface area contributed by atoms with Crippen LogP contribution in [-0.2, 0) is 24.8 Å². The summed E-state index contributed by atoms with van der Waals surface area (Å²) in [5.41, 5.74) is 0. The van der Waals surface area contributed by atoms with Gasteiger partial charge < -0.3 is 20.1 Å². The van der Waals surface area contributed by atoms with Crippen LogP contribution in [-0.4, -0.2) is 57.7 Å². The third-order valence-electron chi connectivity index (χ3n) is 4.77. The average molecular weight is 390 g/mol. The van der Waals surface area contributed by atoms with Gasteiger partial charge in [-0.1, -0.05) is 6.07 Å². The van der Waals surface area contributed by atoms with Crippen molar-refractivity contribution in [2.45, 2.75) is 38.8 Å². The fraction of sp³-hybridized carbons (Fsp3) is 0.556. The largest absolute Gasteiger partial charge is 0.356 e. The van der Waals surface area contributed by atoms with Gasteiger partial charge in [-0.15, -0.1) is 21.5 Å². The van der Waals surface area contributed by atoms with Crippen LogP contribution < -0.4 is 10.6 Å². The molecule has 1 aliphatic heterocycles. The molecule has 8 nitrogen and oxygen atoms in total. The SMILES string of the molecule is Cc1nnc(CN=C(NCCc2cccs2)NC2CCC(=O)N(C)C2)n1C. The van der Waals surface area contributed by atoms with Crippen molar-refractivity contribution >= 4 is 23.2 Å². The van der Waals surface area contributed by atoms with Gasteiger partial charge in [-0.05, 0) is 31.2 Å². The number of likely N-dealkylation sites (N-methyl/N-ethyl adjacent to an activating group) is 1. The molecule has 1 atom stereocenters. The van der Waals surface area contributed by atoms with Crippen LogP contribution in [0.2, 0.25) is 0 Å². The molecule has 0 bridgehead atoms. The summed E-state index contributed by atoms with van der Waals surface area (Å²) in [4.78, 5) is 19.5. The van der Waals surface area contributed by atoms with E-state index in [4.69, 9.17) is 4.99 Å². The first-order valence-electron chi connectivity index (χ1n) is 9.19. The molecule has 1 saturated heterocycles. The summed E-state index contributed by atoms with van der Waals surface area (Å²) in [6.45, 7) is 3.86. The summed E-state index contributed by atoms with van der Waals surface area (Å²) in [5, 5.41) is 17.2. The minimum atomic E-state index is 0.196. The van der Waals surface area contributed by atoms with Crippen LogP contribution in [0.3, 0.4) is 0 Å². The summed E-state index contributed by atoms with van der Waals surface area (Å²) in [5.74, 6) is 2.64. The van der Waals surface area contributed by atoms with Crippen molar-refractivity contribution in [3.63, 3.8) is 0 Å². The number of piperidine rings is 1. The molecule has 1 unspecified atom stereocenters. The lowest BCUT2D eigenvalue weighted by atomic mass is 10.1. The number of thiophene rings is 1. The third-order valence-corrected chi connectivity index (χ3v) is 5.71. The Morgan fingerprint density at radius 3 is 2.93 bits per heavy atom. The van der Waals surface area contributed by atoms with E-state index in [1.54, 1.807) is 16.2 Å². The second-order valence-electron chi connectivity index (χ2n) is 6.80. The molecule has 2 aromatic heterocycles. The molecule has 146 valence electrons. The highest BCUT2D eigenvalue weighted by molar-refractivity contribution is 7.09. The van der Waals surface area contributed by atoms with Gasteiger partial charge in [0.2, 0.25) is 5.91 Å². The van der Waals surface area contributed by atoms with E-state index in [-0.39, 0.29) is 11.9 Å². The predicted octanol–water partition coefficient (Wildman–Crippen LogP) is 1.08. The van der Waals surface area contributed by atoms with Gasteiger partial charge in [0.25, 0.3) is 0 Å². The Morgan fingerprint density at radius 1 is 1.41 bits per heavy atom. The number of amides is 1. The topological polar surface area (TPSA) is 87.4 Å². The van der Waals surface area contributed by atoms with Crippen LogP contribution in [0, 0.1) is 6.92 Å². The van der Waals surface area contributed by atoms with E-state index in [0.29, 0.717) is 19.5 Å². The molecule has 2 aromatic rings. The number of aromatic nitrogens is 3. The van der Waals surface area contributed by atoms with Crippen LogP contribution in [0.15, 0.2) is 22.5 Å². The number of carbonyl (C=O) groups excluding carboxylic acids is 1. The van der Waals surface area contributed by atoms with Crippen LogP contribution >= 0.6 is 11.3 Å². The van der Waals surface area contributed by atoms with Gasteiger partial charge in [-0.3, -0.25) is 4.79 Å². The van der Waals surface area contributed by atoms with Gasteiger partial charge in [0.1, 0.15) is 12.4 Å². The summed E-state index contributed by atoms with van der Waals surface area (Å²) < 4.78 is 1.94. The summed E-state index contributed by atoms with van der Waals surface area (Å²) in [6.07, 6.45) is 2.33. The number of nitrogens with one attached hydrogen (secondary N) is 2. The maximum absolute atomic E-state index is 11.7. The van der Waals surface area contributed by atoms with Gasteiger partial charge in [0, 0.05) is 44.5 Å². The molecular weight excluding hydrogens is 362 g/mol. The number of hydrogen-bond donors (Lipinski definition) is 2. The van der Waals surface area contributed by atoms with Crippen LogP contribution in [0.4, 0.5) is 0 Å². The number of rotatable bonds is 6. The van der Waals surface area contributed by atoms with Crippen molar-refractivity contribution in [3.05, 3.63) is 34.0 Å². The number of aliphatic imine (C=N–C) groups is 1. The monoisotopic (exact) mass is 389 g/mol. The first kappa shape index (κ1) is 19.3. The van der Waals surface area contributed by atoms with Crippen molar-refractivity contribution in [1.82, 2.24) is 30.3 Å². The van der Waals surface area contributed by atoms with Crippen LogP contribution in [0.25, 0.3) is 0 Å². The third kappa shape index (κ3) is 5.29. The molecule has 1 amide bonds. The molecule has 0 aromatic carbocycles. The summed E-state index contributed by atoms with van der Waals surface area (Å²) in [6, 6.07) is 4.40. The standard InChI is InChI=1S/C18H27N7OS/c1-13-22-23-16(25(13)3)11-20-18(19-9-8-15-5-4-10-27-15)21-14-6-7-17(26)24(2)12-14/h4-5,10,14H,6-9,11-12H2,1-3H3,(H2,19,20,21). The molecule has 0 saturated carbocycles. The molecule has 27 heavy (non-hydrogen) atoms. The van der Waals surface area contributed by atoms with E-state index in [1.165, 1.54) is 4.88 Å². The first-order chi connectivity index (χ1) is 13.0. The zero-order valence-corrected chi connectivity index (χ0v) is 16.9. The van der Waals surface area contributed by atoms with Crippen molar-refractivity contribution in [2.75, 3.05) is 20.1 Å². The number of carbonyl (C=O) groups is 1. The van der Waals surface area contributed by atoms with E-state index < -0.39 is 0 Å². The number of aryl methyl sites for hydroxylation is 1. The van der Waals surface area contributed by atoms with E-state index in [9.17, 15) is 4.79 Å². The van der Waals surface area contributed by atoms with E-state index >= 15 is 0 Å². The summed E-state index contributed by atoms with van der Waals surface area (Å²) >= 11 is 1.76. The summed E-state index contributed by atoms with van der Waals surface area (Å²) in [7, 11) is 3.79. The highest BCUT2D eigenvalue weighted by atomic mass is 32.1. The maximum atomic E-state index is 11.7. The zero-order valence-electron chi connectivity index (χ0n) is 16.1. The number of nitrogens with zero attached hydrogens (tertiary/aromatic N) is 5. The molecule has 0 spiro atoms. The molecule has 1 aliphatic rings. The molecular formula is C18H27N7OS. The Bertz CT molecular complexity index is 784. The molecule has 2 N–H and O–H groups in total. The van der Waals surface area contributed by atoms with Crippen LogP contribution in [0.1, 0.15) is 29.4 Å². The molecule has 0 aliphatic carbocycles. The lowest BCUT2D eigenvalue weighted by molar-refractivity contribution is -0.132. The maximum Gasteiger partial charge on any atom is 0.222 e. The Labute approximate surface area is 163 Å². The minimum Gasteiger partial charge on any atom is -0.356 e. The van der Waals surface area contributed by atoms with Gasteiger partial charge in [0.05, 0.1) is 0 Å².